The number of nitrogens with zero attached hydrogens (tertiary/aromatic N) is 4. The molecule has 8 heteroatoms. The standard InChI is InChI=1S/C22H22N4O3S/c1-17-5-2-3-7-19(17)15-26(14-18-6-4-10-23-13-18)22(27)20-8-9-21-24-30(28,29)12-11-25(21)16-20/h2-10,13,16H,11-12,14-15H2,1H3. The maximum Gasteiger partial charge on any atom is 0.256 e. The molecule has 0 radical (unpaired) electrons. The van der Waals surface area contributed by atoms with E-state index >= 15 is 0 Å². The lowest BCUT2D eigenvalue weighted by Crippen LogP contribution is -2.38. The predicted octanol–water partition coefficient (Wildman–Crippen LogP) is 2.42. The molecule has 0 spiro atoms. The second kappa shape index (κ2) is 8.23. The number of rotatable bonds is 5. The number of amides is 1. The molecule has 2 aliphatic rings. The number of fused-ring (bicyclic) bond motifs is 1. The Hall–Kier alpha value is -3.26. The van der Waals surface area contributed by atoms with Gasteiger partial charge in [-0.1, -0.05) is 30.3 Å². The molecule has 0 saturated carbocycles. The van der Waals surface area contributed by atoms with E-state index in [4.69, 9.17) is 0 Å². The van der Waals surface area contributed by atoms with Gasteiger partial charge in [0.2, 0.25) is 0 Å². The van der Waals surface area contributed by atoms with Crippen molar-refractivity contribution in [1.82, 2.24) is 14.8 Å². The van der Waals surface area contributed by atoms with Crippen LogP contribution in [0.15, 0.2) is 77.1 Å². The van der Waals surface area contributed by atoms with Crippen molar-refractivity contribution in [2.75, 3.05) is 12.3 Å². The van der Waals surface area contributed by atoms with E-state index < -0.39 is 10.0 Å². The van der Waals surface area contributed by atoms with Crippen molar-refractivity contribution in [1.29, 1.82) is 0 Å². The van der Waals surface area contributed by atoms with E-state index in [0.29, 0.717) is 24.5 Å². The van der Waals surface area contributed by atoms with Crippen LogP contribution in [0.1, 0.15) is 16.7 Å². The maximum atomic E-state index is 13.4. The lowest BCUT2D eigenvalue weighted by Gasteiger charge is -2.29. The number of sulfonamides is 1. The molecule has 1 aromatic heterocycles. The van der Waals surface area contributed by atoms with Crippen molar-refractivity contribution in [3.63, 3.8) is 0 Å². The summed E-state index contributed by atoms with van der Waals surface area (Å²) in [5.74, 6) is 0.145. The number of hydrogen-bond donors (Lipinski definition) is 0. The molecule has 4 rings (SSSR count). The van der Waals surface area contributed by atoms with Gasteiger partial charge >= 0.3 is 0 Å². The Morgan fingerprint density at radius 1 is 1.13 bits per heavy atom. The van der Waals surface area contributed by atoms with Gasteiger partial charge in [0.1, 0.15) is 5.84 Å². The quantitative estimate of drug-likeness (QED) is 0.739. The Morgan fingerprint density at radius 2 is 1.97 bits per heavy atom. The van der Waals surface area contributed by atoms with Crippen LogP contribution in [-0.2, 0) is 27.9 Å². The van der Waals surface area contributed by atoms with Crippen LogP contribution in [-0.4, -0.2) is 47.2 Å². The van der Waals surface area contributed by atoms with Crippen molar-refractivity contribution in [3.8, 4) is 0 Å². The molecular weight excluding hydrogens is 400 g/mol. The maximum absolute atomic E-state index is 13.4. The van der Waals surface area contributed by atoms with Crippen LogP contribution < -0.4 is 0 Å². The van der Waals surface area contributed by atoms with Crippen molar-refractivity contribution < 1.29 is 13.2 Å². The van der Waals surface area contributed by atoms with E-state index in [0.717, 1.165) is 16.7 Å². The zero-order chi connectivity index (χ0) is 21.1. The fraction of sp³-hybridized carbons (Fsp3) is 0.227. The van der Waals surface area contributed by atoms with Crippen LogP contribution in [0.2, 0.25) is 0 Å². The Bertz CT molecular complexity index is 1150. The predicted molar refractivity (Wildman–Crippen MR) is 115 cm³/mol. The van der Waals surface area contributed by atoms with Gasteiger partial charge in [-0.3, -0.25) is 9.78 Å². The minimum absolute atomic E-state index is 0.0646. The zero-order valence-electron chi connectivity index (χ0n) is 16.6. The number of pyridine rings is 1. The smallest absolute Gasteiger partial charge is 0.256 e. The summed E-state index contributed by atoms with van der Waals surface area (Å²) in [5.41, 5.74) is 3.61. The molecule has 1 amide bonds. The lowest BCUT2D eigenvalue weighted by atomic mass is 10.1. The number of carbonyl (C=O) groups is 1. The minimum Gasteiger partial charge on any atom is -0.330 e. The highest BCUT2D eigenvalue weighted by Crippen LogP contribution is 2.20. The fourth-order valence-electron chi connectivity index (χ4n) is 3.41. The topological polar surface area (TPSA) is 82.9 Å². The fourth-order valence-corrected chi connectivity index (χ4v) is 4.38. The minimum atomic E-state index is -3.43. The summed E-state index contributed by atoms with van der Waals surface area (Å²) in [7, 11) is -3.43. The summed E-state index contributed by atoms with van der Waals surface area (Å²) in [6.07, 6.45) is 8.36. The van der Waals surface area contributed by atoms with Gasteiger partial charge in [-0.05, 0) is 41.8 Å². The number of benzene rings is 1. The van der Waals surface area contributed by atoms with E-state index in [1.807, 2.05) is 43.3 Å². The molecule has 3 heterocycles. The molecule has 154 valence electrons. The lowest BCUT2D eigenvalue weighted by molar-refractivity contribution is -0.128. The van der Waals surface area contributed by atoms with Gasteiger partial charge in [-0.25, -0.2) is 8.42 Å². The van der Waals surface area contributed by atoms with Crippen LogP contribution in [0.25, 0.3) is 0 Å². The molecule has 0 aliphatic carbocycles. The van der Waals surface area contributed by atoms with Gasteiger partial charge in [0, 0.05) is 38.2 Å². The average molecular weight is 423 g/mol. The number of aromatic nitrogens is 1. The molecule has 0 saturated heterocycles. The number of amidine groups is 1. The van der Waals surface area contributed by atoms with E-state index in [1.54, 1.807) is 40.5 Å². The molecule has 0 atom stereocenters. The molecule has 0 fully saturated rings. The van der Waals surface area contributed by atoms with Gasteiger partial charge in [0.05, 0.1) is 11.3 Å². The van der Waals surface area contributed by atoms with E-state index in [-0.39, 0.29) is 18.2 Å². The highest BCUT2D eigenvalue weighted by molar-refractivity contribution is 7.90. The second-order valence-corrected chi connectivity index (χ2v) is 9.05. The first-order valence-electron chi connectivity index (χ1n) is 9.63. The van der Waals surface area contributed by atoms with E-state index in [9.17, 15) is 13.2 Å². The molecular formula is C22H22N4O3S. The van der Waals surface area contributed by atoms with E-state index in [2.05, 4.69) is 9.38 Å². The third kappa shape index (κ3) is 4.49. The second-order valence-electron chi connectivity index (χ2n) is 7.30. The van der Waals surface area contributed by atoms with Gasteiger partial charge < -0.3 is 9.80 Å². The first kappa shape index (κ1) is 20.0. The highest BCUT2D eigenvalue weighted by Gasteiger charge is 2.27. The normalized spacial score (nSPS) is 17.0. The number of aryl methyl sites for hydroxylation is 1. The van der Waals surface area contributed by atoms with Crippen molar-refractivity contribution >= 4 is 21.8 Å². The number of carbonyl (C=O) groups excluding carboxylic acids is 1. The van der Waals surface area contributed by atoms with Crippen LogP contribution in [0.3, 0.4) is 0 Å². The van der Waals surface area contributed by atoms with Gasteiger partial charge in [-0.15, -0.1) is 4.40 Å². The Balaban J connectivity index is 1.62. The zero-order valence-corrected chi connectivity index (χ0v) is 17.4. The Labute approximate surface area is 176 Å². The molecule has 7 nitrogen and oxygen atoms in total. The Morgan fingerprint density at radius 3 is 2.73 bits per heavy atom. The molecule has 2 aromatic rings. The summed E-state index contributed by atoms with van der Waals surface area (Å²) in [6.45, 7) is 3.18. The largest absolute Gasteiger partial charge is 0.330 e. The summed E-state index contributed by atoms with van der Waals surface area (Å²) in [4.78, 5) is 21.1. The SMILES string of the molecule is Cc1ccccc1CN(Cc1cccnc1)C(=O)C1=CN2CCS(=O)(=O)N=C2C=C1. The molecule has 0 unspecified atom stereocenters. The monoisotopic (exact) mass is 422 g/mol. The summed E-state index contributed by atoms with van der Waals surface area (Å²) in [5, 5.41) is 0. The summed E-state index contributed by atoms with van der Waals surface area (Å²) >= 11 is 0. The first-order valence-corrected chi connectivity index (χ1v) is 11.2. The van der Waals surface area contributed by atoms with Crippen LogP contribution in [0.5, 0.6) is 0 Å². The van der Waals surface area contributed by atoms with Crippen LogP contribution in [0, 0.1) is 6.92 Å². The van der Waals surface area contributed by atoms with Gasteiger partial charge in [0.25, 0.3) is 15.9 Å². The van der Waals surface area contributed by atoms with E-state index in [1.165, 1.54) is 0 Å². The first-order chi connectivity index (χ1) is 14.4. The van der Waals surface area contributed by atoms with Crippen molar-refractivity contribution in [2.45, 2.75) is 20.0 Å². The van der Waals surface area contributed by atoms with Gasteiger partial charge in [-0.2, -0.15) is 0 Å². The summed E-state index contributed by atoms with van der Waals surface area (Å²) < 4.78 is 27.2. The third-order valence-corrected chi connectivity index (χ3v) is 6.24. The summed E-state index contributed by atoms with van der Waals surface area (Å²) in [6, 6.07) is 11.8. The van der Waals surface area contributed by atoms with Crippen LogP contribution in [0.4, 0.5) is 0 Å². The van der Waals surface area contributed by atoms with Crippen molar-refractivity contribution in [2.24, 2.45) is 4.40 Å². The average Bonchev–Trinajstić information content (AvgIpc) is 2.74. The third-order valence-electron chi connectivity index (χ3n) is 5.08. The van der Waals surface area contributed by atoms with Crippen LogP contribution >= 0.6 is 0 Å². The molecule has 30 heavy (non-hydrogen) atoms. The van der Waals surface area contributed by atoms with Crippen molar-refractivity contribution in [3.05, 3.63) is 89.4 Å². The molecule has 0 N–H and O–H groups in total. The molecule has 2 aliphatic heterocycles. The molecule has 0 bridgehead atoms. The molecule has 1 aromatic carbocycles. The highest BCUT2D eigenvalue weighted by atomic mass is 32.2. The number of hydrogen-bond acceptors (Lipinski definition) is 5. The Kier molecular flexibility index (Phi) is 5.50. The van der Waals surface area contributed by atoms with Gasteiger partial charge in [0.15, 0.2) is 0 Å².